The number of benzene rings is 2. The molecule has 1 amide bonds. The maximum absolute atomic E-state index is 13.1. The van der Waals surface area contributed by atoms with Gasteiger partial charge in [0.25, 0.3) is 20.0 Å². The second-order valence-electron chi connectivity index (χ2n) is 7.25. The fourth-order valence-corrected chi connectivity index (χ4v) is 6.28. The number of carbonyl (C=O) groups is 1. The lowest BCUT2D eigenvalue weighted by atomic mass is 10.2. The molecule has 2 aromatic rings. The Kier molecular flexibility index (Phi) is 7.43. The molecule has 0 aromatic heterocycles. The molecule has 0 radical (unpaired) electrons. The molecular weight excluding hydrogens is 478 g/mol. The first kappa shape index (κ1) is 24.4. The number of hydrogen-bond acceptors (Lipinski definition) is 7. The standard InChI is InChI=1S/C19H24ClN5O5S2/c1-15(26)21-16-7-3-5-9-18(16)32(29,30)25(20)22-31(27,28)19-10-6-4-8-17(19)24-13-11-23(2)12-14-24/h3-10,22H,11-14H2,1-2H3,(H,21,26). The van der Waals surface area contributed by atoms with Gasteiger partial charge in [0, 0.05) is 44.9 Å². The molecule has 0 spiro atoms. The van der Waals surface area contributed by atoms with Gasteiger partial charge in [-0.15, -0.1) is 4.83 Å². The van der Waals surface area contributed by atoms with E-state index < -0.39 is 26.0 Å². The van der Waals surface area contributed by atoms with E-state index in [9.17, 15) is 21.6 Å². The Balaban J connectivity index is 1.90. The number of piperazine rings is 1. The maximum Gasteiger partial charge on any atom is 0.272 e. The van der Waals surface area contributed by atoms with Crippen molar-refractivity contribution in [1.29, 1.82) is 0 Å². The largest absolute Gasteiger partial charge is 0.368 e. The number of nitrogens with zero attached hydrogens (tertiary/aromatic N) is 3. The molecule has 1 aliphatic rings. The number of rotatable bonds is 7. The number of likely N-dealkylation sites (N-methyl/N-ethyl adjacent to an activating group) is 1. The average molecular weight is 502 g/mol. The van der Waals surface area contributed by atoms with Crippen molar-refractivity contribution in [2.24, 2.45) is 0 Å². The lowest BCUT2D eigenvalue weighted by Crippen LogP contribution is -2.45. The lowest BCUT2D eigenvalue weighted by Gasteiger charge is -2.35. The molecule has 0 unspecified atom stereocenters. The van der Waals surface area contributed by atoms with E-state index in [1.165, 1.54) is 37.3 Å². The minimum Gasteiger partial charge on any atom is -0.368 e. The van der Waals surface area contributed by atoms with Crippen LogP contribution in [0.3, 0.4) is 0 Å². The first-order valence-electron chi connectivity index (χ1n) is 9.65. The van der Waals surface area contributed by atoms with Crippen LogP contribution >= 0.6 is 11.8 Å². The second kappa shape index (κ2) is 9.73. The van der Waals surface area contributed by atoms with Crippen LogP contribution in [0.15, 0.2) is 58.3 Å². The van der Waals surface area contributed by atoms with Crippen LogP contribution in [0, 0.1) is 0 Å². The van der Waals surface area contributed by atoms with Crippen molar-refractivity contribution in [2.45, 2.75) is 16.7 Å². The van der Waals surface area contributed by atoms with E-state index in [-0.39, 0.29) is 19.4 Å². The Bertz CT molecular complexity index is 1200. The third kappa shape index (κ3) is 5.39. The molecule has 1 heterocycles. The Hall–Kier alpha value is -2.22. The summed E-state index contributed by atoms with van der Waals surface area (Å²) in [5, 5.41) is 2.39. The molecular formula is C19H24ClN5O5S2. The summed E-state index contributed by atoms with van der Waals surface area (Å²) < 4.78 is 52.2. The summed E-state index contributed by atoms with van der Waals surface area (Å²) in [6, 6.07) is 11.9. The molecule has 32 heavy (non-hydrogen) atoms. The third-order valence-electron chi connectivity index (χ3n) is 4.88. The maximum atomic E-state index is 13.1. The van der Waals surface area contributed by atoms with E-state index >= 15 is 0 Å². The molecule has 0 aliphatic carbocycles. The monoisotopic (exact) mass is 501 g/mol. The molecule has 1 saturated heterocycles. The van der Waals surface area contributed by atoms with E-state index in [0.29, 0.717) is 18.8 Å². The number of hydrogen-bond donors (Lipinski definition) is 2. The summed E-state index contributed by atoms with van der Waals surface area (Å²) in [6.07, 6.45) is 0. The van der Waals surface area contributed by atoms with Crippen LogP contribution in [-0.4, -0.2) is 64.8 Å². The summed E-state index contributed by atoms with van der Waals surface area (Å²) in [6.45, 7) is 3.99. The van der Waals surface area contributed by atoms with E-state index in [1.54, 1.807) is 18.2 Å². The van der Waals surface area contributed by atoms with Crippen molar-refractivity contribution in [1.82, 2.24) is 13.7 Å². The Morgan fingerprint density at radius 2 is 1.50 bits per heavy atom. The highest BCUT2D eigenvalue weighted by Gasteiger charge is 2.32. The predicted molar refractivity (Wildman–Crippen MR) is 122 cm³/mol. The van der Waals surface area contributed by atoms with Crippen LogP contribution in [0.25, 0.3) is 0 Å². The highest BCUT2D eigenvalue weighted by atomic mass is 35.5. The van der Waals surface area contributed by atoms with Gasteiger partial charge in [0.2, 0.25) is 5.91 Å². The molecule has 2 N–H and O–H groups in total. The summed E-state index contributed by atoms with van der Waals surface area (Å²) >= 11 is 5.93. The van der Waals surface area contributed by atoms with Gasteiger partial charge in [0.15, 0.2) is 0 Å². The zero-order valence-corrected chi connectivity index (χ0v) is 19.9. The number of hydrazine groups is 1. The third-order valence-corrected chi connectivity index (χ3v) is 8.50. The van der Waals surface area contributed by atoms with Crippen LogP contribution in [0.5, 0.6) is 0 Å². The van der Waals surface area contributed by atoms with E-state index in [0.717, 1.165) is 13.1 Å². The van der Waals surface area contributed by atoms with Gasteiger partial charge in [0.1, 0.15) is 9.79 Å². The fourth-order valence-electron chi connectivity index (χ4n) is 3.26. The highest BCUT2D eigenvalue weighted by Crippen LogP contribution is 2.29. The normalized spacial score (nSPS) is 15.7. The van der Waals surface area contributed by atoms with Crippen molar-refractivity contribution in [3.8, 4) is 0 Å². The van der Waals surface area contributed by atoms with Gasteiger partial charge < -0.3 is 15.1 Å². The molecule has 1 fully saturated rings. The van der Waals surface area contributed by atoms with Crippen LogP contribution < -0.4 is 15.0 Å². The molecule has 2 aromatic carbocycles. The molecule has 3 rings (SSSR count). The Labute approximate surface area is 192 Å². The number of halogens is 1. The fraction of sp³-hybridized carbons (Fsp3) is 0.316. The summed E-state index contributed by atoms with van der Waals surface area (Å²) in [7, 11) is -6.90. The van der Waals surface area contributed by atoms with Gasteiger partial charge in [-0.05, 0) is 35.2 Å². The van der Waals surface area contributed by atoms with Crippen molar-refractivity contribution in [3.05, 3.63) is 48.5 Å². The van der Waals surface area contributed by atoms with Crippen molar-refractivity contribution in [3.63, 3.8) is 0 Å². The smallest absolute Gasteiger partial charge is 0.272 e. The Morgan fingerprint density at radius 1 is 0.938 bits per heavy atom. The van der Waals surface area contributed by atoms with Gasteiger partial charge in [-0.25, -0.2) is 16.8 Å². The van der Waals surface area contributed by atoms with Crippen LogP contribution in [0.4, 0.5) is 11.4 Å². The van der Waals surface area contributed by atoms with Crippen LogP contribution in [0.2, 0.25) is 0 Å². The first-order valence-corrected chi connectivity index (χ1v) is 12.9. The number of nitrogens with one attached hydrogen (secondary N) is 2. The number of carbonyl (C=O) groups excluding carboxylic acids is 1. The number of amides is 1. The number of para-hydroxylation sites is 2. The second-order valence-corrected chi connectivity index (χ2v) is 11.2. The van der Waals surface area contributed by atoms with Gasteiger partial charge in [0.05, 0.1) is 11.4 Å². The first-order chi connectivity index (χ1) is 15.0. The zero-order valence-electron chi connectivity index (χ0n) is 17.5. The van der Waals surface area contributed by atoms with Crippen molar-refractivity contribution in [2.75, 3.05) is 43.4 Å². The van der Waals surface area contributed by atoms with Gasteiger partial charge in [-0.2, -0.15) is 0 Å². The van der Waals surface area contributed by atoms with Crippen LogP contribution in [0.1, 0.15) is 6.92 Å². The van der Waals surface area contributed by atoms with Gasteiger partial charge in [-0.1, -0.05) is 24.3 Å². The van der Waals surface area contributed by atoms with Gasteiger partial charge >= 0.3 is 0 Å². The quantitative estimate of drug-likeness (QED) is 0.435. The average Bonchev–Trinajstić information content (AvgIpc) is 2.74. The summed E-state index contributed by atoms with van der Waals surface area (Å²) in [5.74, 6) is -0.490. The number of anilines is 2. The van der Waals surface area contributed by atoms with E-state index in [4.69, 9.17) is 11.8 Å². The molecule has 0 saturated carbocycles. The van der Waals surface area contributed by atoms with Crippen LogP contribution in [-0.2, 0) is 24.8 Å². The molecule has 13 heteroatoms. The summed E-state index contributed by atoms with van der Waals surface area (Å²) in [5.41, 5.74) is 0.428. The topological polar surface area (TPSA) is 119 Å². The van der Waals surface area contributed by atoms with Crippen molar-refractivity contribution >= 4 is 49.1 Å². The van der Waals surface area contributed by atoms with E-state index in [2.05, 4.69) is 10.2 Å². The summed E-state index contributed by atoms with van der Waals surface area (Å²) in [4.78, 5) is 16.9. The van der Waals surface area contributed by atoms with E-state index in [1.807, 2.05) is 16.8 Å². The minimum absolute atomic E-state index is 0.0176. The Morgan fingerprint density at radius 3 is 2.12 bits per heavy atom. The lowest BCUT2D eigenvalue weighted by molar-refractivity contribution is -0.114. The molecule has 10 nitrogen and oxygen atoms in total. The van der Waals surface area contributed by atoms with Gasteiger partial charge in [-0.3, -0.25) is 4.79 Å². The molecule has 0 bridgehead atoms. The minimum atomic E-state index is -4.53. The van der Waals surface area contributed by atoms with Crippen molar-refractivity contribution < 1.29 is 21.6 Å². The SMILES string of the molecule is CC(=O)Nc1ccccc1S(=O)(=O)N(Cl)NS(=O)(=O)c1ccccc1N1CCN(C)CC1. The molecule has 174 valence electrons. The molecule has 1 aliphatic heterocycles. The predicted octanol–water partition coefficient (Wildman–Crippen LogP) is 1.43. The zero-order chi connectivity index (χ0) is 23.5. The highest BCUT2D eigenvalue weighted by molar-refractivity contribution is 7.93. The number of sulfonamides is 2. The molecule has 0 atom stereocenters.